The molecule has 23 heavy (non-hydrogen) atoms. The third-order valence-electron chi connectivity index (χ3n) is 3.39. The van der Waals surface area contributed by atoms with E-state index in [0.29, 0.717) is 6.61 Å². The number of halogens is 1. The van der Waals surface area contributed by atoms with Gasteiger partial charge >= 0.3 is 0 Å². The SMILES string of the molecule is CN=C(NCc1sccc1C)N(C)CCOc1ccccc1.I. The summed E-state index contributed by atoms with van der Waals surface area (Å²) in [6.45, 7) is 4.34. The number of benzene rings is 1. The standard InChI is InChI=1S/C17H23N3OS.HI/c1-14-9-12-22-16(14)13-19-17(18-2)20(3)10-11-21-15-7-5-4-6-8-15;/h4-9,12H,10-11,13H2,1-3H3,(H,18,19);1H. The molecular formula is C17H24IN3OS. The molecule has 0 saturated carbocycles. The molecule has 0 aliphatic heterocycles. The fourth-order valence-corrected chi connectivity index (χ4v) is 2.90. The molecule has 0 saturated heterocycles. The maximum Gasteiger partial charge on any atom is 0.193 e. The van der Waals surface area contributed by atoms with Crippen LogP contribution in [0.1, 0.15) is 10.4 Å². The van der Waals surface area contributed by atoms with Gasteiger partial charge in [0.1, 0.15) is 12.4 Å². The number of ether oxygens (including phenoxy) is 1. The smallest absolute Gasteiger partial charge is 0.193 e. The van der Waals surface area contributed by atoms with Crippen LogP contribution in [0.3, 0.4) is 0 Å². The van der Waals surface area contributed by atoms with Gasteiger partial charge in [-0.15, -0.1) is 35.3 Å². The van der Waals surface area contributed by atoms with Gasteiger partial charge in [-0.3, -0.25) is 4.99 Å². The number of hydrogen-bond acceptors (Lipinski definition) is 3. The monoisotopic (exact) mass is 445 g/mol. The van der Waals surface area contributed by atoms with Crippen molar-refractivity contribution in [3.8, 4) is 5.75 Å². The summed E-state index contributed by atoms with van der Waals surface area (Å²) in [5, 5.41) is 5.51. The third kappa shape index (κ3) is 6.39. The molecule has 2 aromatic rings. The van der Waals surface area contributed by atoms with Gasteiger partial charge in [0.25, 0.3) is 0 Å². The van der Waals surface area contributed by atoms with E-state index in [1.807, 2.05) is 37.4 Å². The molecule has 4 nitrogen and oxygen atoms in total. The molecule has 0 aliphatic carbocycles. The van der Waals surface area contributed by atoms with E-state index in [2.05, 4.69) is 33.6 Å². The van der Waals surface area contributed by atoms with Crippen LogP contribution in [0, 0.1) is 6.92 Å². The number of guanidine groups is 1. The summed E-state index contributed by atoms with van der Waals surface area (Å²) in [5.41, 5.74) is 1.32. The summed E-state index contributed by atoms with van der Waals surface area (Å²) in [6, 6.07) is 12.0. The quantitative estimate of drug-likeness (QED) is 0.418. The molecule has 1 heterocycles. The number of para-hydroxylation sites is 1. The molecule has 126 valence electrons. The minimum Gasteiger partial charge on any atom is -0.492 e. The van der Waals surface area contributed by atoms with Crippen LogP contribution in [0.4, 0.5) is 0 Å². The van der Waals surface area contributed by atoms with Crippen molar-refractivity contribution in [1.82, 2.24) is 10.2 Å². The van der Waals surface area contributed by atoms with E-state index in [4.69, 9.17) is 4.74 Å². The van der Waals surface area contributed by atoms with Crippen LogP contribution in [-0.2, 0) is 6.54 Å². The minimum atomic E-state index is 0. The van der Waals surface area contributed by atoms with Crippen molar-refractivity contribution in [3.05, 3.63) is 52.2 Å². The molecule has 0 aliphatic rings. The predicted octanol–water partition coefficient (Wildman–Crippen LogP) is 3.76. The number of aliphatic imine (C=N–C) groups is 1. The van der Waals surface area contributed by atoms with E-state index < -0.39 is 0 Å². The van der Waals surface area contributed by atoms with Gasteiger partial charge in [-0.25, -0.2) is 0 Å². The van der Waals surface area contributed by atoms with Crippen molar-refractivity contribution >= 4 is 41.3 Å². The van der Waals surface area contributed by atoms with E-state index in [1.54, 1.807) is 18.4 Å². The Balaban J connectivity index is 0.00000264. The van der Waals surface area contributed by atoms with Crippen LogP contribution < -0.4 is 10.1 Å². The summed E-state index contributed by atoms with van der Waals surface area (Å²) >= 11 is 1.77. The minimum absolute atomic E-state index is 0. The number of nitrogens with zero attached hydrogens (tertiary/aromatic N) is 2. The van der Waals surface area contributed by atoms with Crippen LogP contribution >= 0.6 is 35.3 Å². The Morgan fingerprint density at radius 1 is 1.26 bits per heavy atom. The number of nitrogens with one attached hydrogen (secondary N) is 1. The number of rotatable bonds is 6. The molecule has 1 N–H and O–H groups in total. The highest BCUT2D eigenvalue weighted by Gasteiger charge is 2.07. The fraction of sp³-hybridized carbons (Fsp3) is 0.353. The van der Waals surface area contributed by atoms with Crippen molar-refractivity contribution in [2.75, 3.05) is 27.2 Å². The van der Waals surface area contributed by atoms with E-state index in [9.17, 15) is 0 Å². The highest BCUT2D eigenvalue weighted by atomic mass is 127. The Morgan fingerprint density at radius 2 is 2.00 bits per heavy atom. The van der Waals surface area contributed by atoms with Crippen molar-refractivity contribution in [2.45, 2.75) is 13.5 Å². The topological polar surface area (TPSA) is 36.9 Å². The predicted molar refractivity (Wildman–Crippen MR) is 109 cm³/mol. The second kappa shape index (κ2) is 10.5. The Kier molecular flexibility index (Phi) is 9.01. The molecular weight excluding hydrogens is 421 g/mol. The summed E-state index contributed by atoms with van der Waals surface area (Å²) in [6.07, 6.45) is 0. The Morgan fingerprint density at radius 3 is 2.61 bits per heavy atom. The summed E-state index contributed by atoms with van der Waals surface area (Å²) < 4.78 is 5.72. The second-order valence-electron chi connectivity index (χ2n) is 5.01. The zero-order chi connectivity index (χ0) is 15.8. The maximum absolute atomic E-state index is 5.72. The first-order valence-electron chi connectivity index (χ1n) is 7.33. The number of likely N-dealkylation sites (N-methyl/N-ethyl adjacent to an activating group) is 1. The van der Waals surface area contributed by atoms with E-state index in [0.717, 1.165) is 24.8 Å². The van der Waals surface area contributed by atoms with Gasteiger partial charge in [-0.05, 0) is 36.1 Å². The van der Waals surface area contributed by atoms with Gasteiger partial charge in [-0.1, -0.05) is 18.2 Å². The fourth-order valence-electron chi connectivity index (χ4n) is 2.05. The molecule has 6 heteroatoms. The van der Waals surface area contributed by atoms with Crippen molar-refractivity contribution in [1.29, 1.82) is 0 Å². The van der Waals surface area contributed by atoms with Gasteiger partial charge in [0.15, 0.2) is 5.96 Å². The summed E-state index contributed by atoms with van der Waals surface area (Å²) in [4.78, 5) is 7.74. The Labute approximate surface area is 159 Å². The van der Waals surface area contributed by atoms with Gasteiger partial charge in [0.05, 0.1) is 13.1 Å². The zero-order valence-corrected chi connectivity index (χ0v) is 16.9. The first-order chi connectivity index (χ1) is 10.7. The van der Waals surface area contributed by atoms with E-state index in [-0.39, 0.29) is 24.0 Å². The van der Waals surface area contributed by atoms with Crippen molar-refractivity contribution in [3.63, 3.8) is 0 Å². The second-order valence-corrected chi connectivity index (χ2v) is 6.01. The summed E-state index contributed by atoms with van der Waals surface area (Å²) in [5.74, 6) is 1.78. The van der Waals surface area contributed by atoms with Crippen molar-refractivity contribution < 1.29 is 4.74 Å². The first kappa shape index (κ1) is 19.8. The molecule has 0 amide bonds. The molecule has 2 rings (SSSR count). The Hall–Kier alpha value is -1.28. The van der Waals surface area contributed by atoms with Crippen LogP contribution in [-0.4, -0.2) is 38.1 Å². The highest BCUT2D eigenvalue weighted by molar-refractivity contribution is 14.0. The lowest BCUT2D eigenvalue weighted by molar-refractivity contribution is 0.281. The van der Waals surface area contributed by atoms with Gasteiger partial charge < -0.3 is 15.0 Å². The molecule has 0 unspecified atom stereocenters. The molecule has 0 fully saturated rings. The molecule has 0 radical (unpaired) electrons. The molecule has 0 spiro atoms. The summed E-state index contributed by atoms with van der Waals surface area (Å²) in [7, 11) is 3.82. The zero-order valence-electron chi connectivity index (χ0n) is 13.8. The number of hydrogen-bond donors (Lipinski definition) is 1. The molecule has 0 bridgehead atoms. The lowest BCUT2D eigenvalue weighted by Gasteiger charge is -2.22. The normalized spacial score (nSPS) is 10.8. The van der Waals surface area contributed by atoms with Crippen LogP contribution in [0.15, 0.2) is 46.8 Å². The molecule has 1 aromatic heterocycles. The van der Waals surface area contributed by atoms with Crippen LogP contribution in [0.2, 0.25) is 0 Å². The molecule has 0 atom stereocenters. The first-order valence-corrected chi connectivity index (χ1v) is 8.21. The number of thiophene rings is 1. The molecule has 1 aromatic carbocycles. The third-order valence-corrected chi connectivity index (χ3v) is 4.41. The Bertz CT molecular complexity index is 601. The largest absolute Gasteiger partial charge is 0.492 e. The van der Waals surface area contributed by atoms with Crippen LogP contribution in [0.5, 0.6) is 5.75 Å². The van der Waals surface area contributed by atoms with Gasteiger partial charge in [-0.2, -0.15) is 0 Å². The average molecular weight is 445 g/mol. The van der Waals surface area contributed by atoms with Gasteiger partial charge in [0.2, 0.25) is 0 Å². The average Bonchev–Trinajstić information content (AvgIpc) is 2.94. The van der Waals surface area contributed by atoms with Gasteiger partial charge in [0, 0.05) is 19.0 Å². The number of aryl methyl sites for hydroxylation is 1. The van der Waals surface area contributed by atoms with E-state index >= 15 is 0 Å². The van der Waals surface area contributed by atoms with Crippen LogP contribution in [0.25, 0.3) is 0 Å². The van der Waals surface area contributed by atoms with E-state index in [1.165, 1.54) is 10.4 Å². The lowest BCUT2D eigenvalue weighted by atomic mass is 10.3. The highest BCUT2D eigenvalue weighted by Crippen LogP contribution is 2.14. The van der Waals surface area contributed by atoms with Crippen molar-refractivity contribution in [2.24, 2.45) is 4.99 Å². The maximum atomic E-state index is 5.72. The lowest BCUT2D eigenvalue weighted by Crippen LogP contribution is -2.40.